The topological polar surface area (TPSA) is 91.6 Å². The van der Waals surface area contributed by atoms with Gasteiger partial charge in [-0.2, -0.15) is 10.3 Å². The second-order valence-electron chi connectivity index (χ2n) is 1.70. The molecule has 0 bridgehead atoms. The minimum Gasteiger partial charge on any atom is -0.386 e. The zero-order chi connectivity index (χ0) is 7.56. The highest BCUT2D eigenvalue weighted by atomic mass is 16.2. The van der Waals surface area contributed by atoms with Crippen molar-refractivity contribution in [3.05, 3.63) is 0 Å². The number of amidine groups is 1. The summed E-state index contributed by atoms with van der Waals surface area (Å²) in [6.07, 6.45) is 1.19. The zero-order valence-electron chi connectivity index (χ0n) is 4.98. The first-order chi connectivity index (χ1) is 4.74. The van der Waals surface area contributed by atoms with Gasteiger partial charge < -0.3 is 5.73 Å². The van der Waals surface area contributed by atoms with Gasteiger partial charge in [0.05, 0.1) is 6.07 Å². The number of nitrogens with two attached hydrogens (primary N) is 1. The maximum absolute atomic E-state index is 10.4. The van der Waals surface area contributed by atoms with Gasteiger partial charge in [-0.15, -0.1) is 0 Å². The van der Waals surface area contributed by atoms with Crippen LogP contribution in [-0.4, -0.2) is 18.1 Å². The Morgan fingerprint density at radius 2 is 2.50 bits per heavy atom. The second kappa shape index (κ2) is 2.27. The van der Waals surface area contributed by atoms with Gasteiger partial charge in [0, 0.05) is 6.21 Å². The third-order valence-electron chi connectivity index (χ3n) is 1.02. The number of aliphatic imine (C=N–C) groups is 2. The summed E-state index contributed by atoms with van der Waals surface area (Å²) >= 11 is 0. The fourth-order valence-electron chi connectivity index (χ4n) is 0.523. The first-order valence-corrected chi connectivity index (χ1v) is 2.56. The van der Waals surface area contributed by atoms with Crippen LogP contribution in [0.15, 0.2) is 9.98 Å². The van der Waals surface area contributed by atoms with E-state index in [4.69, 9.17) is 11.0 Å². The molecule has 0 radical (unpaired) electrons. The molecule has 1 heterocycles. The Labute approximate surface area is 56.9 Å². The fraction of sp³-hybridized carbons (Fsp3) is 0.200. The van der Waals surface area contributed by atoms with Gasteiger partial charge in [-0.05, 0) is 0 Å². The Hall–Kier alpha value is -1.70. The van der Waals surface area contributed by atoms with Crippen molar-refractivity contribution in [1.29, 1.82) is 5.26 Å². The van der Waals surface area contributed by atoms with Crippen LogP contribution in [0.2, 0.25) is 0 Å². The van der Waals surface area contributed by atoms with E-state index < -0.39 is 11.9 Å². The number of carbonyl (C=O) groups is 1. The molecule has 0 fully saturated rings. The van der Waals surface area contributed by atoms with Crippen LogP contribution >= 0.6 is 0 Å². The molecule has 10 heavy (non-hydrogen) atoms. The lowest BCUT2D eigenvalue weighted by atomic mass is 10.1. The van der Waals surface area contributed by atoms with Gasteiger partial charge in [-0.25, -0.2) is 9.79 Å². The van der Waals surface area contributed by atoms with E-state index in [9.17, 15) is 4.79 Å². The summed E-state index contributed by atoms with van der Waals surface area (Å²) in [5.41, 5.74) is 5.20. The van der Waals surface area contributed by atoms with Crippen LogP contribution in [0.4, 0.5) is 4.79 Å². The molecule has 0 aromatic heterocycles. The summed E-state index contributed by atoms with van der Waals surface area (Å²) in [6.45, 7) is 0. The summed E-state index contributed by atoms with van der Waals surface area (Å²) in [6, 6.07) is 1.17. The summed E-state index contributed by atoms with van der Waals surface area (Å²) < 4.78 is 0. The molecular weight excluding hydrogens is 132 g/mol. The van der Waals surface area contributed by atoms with Crippen molar-refractivity contribution in [2.75, 3.05) is 0 Å². The standard InChI is InChI=1S/C5H4N4O/c6-1-3-2-8-5(10)9-4(3)7/h2-3H,(H2,7,9,10). The molecule has 2 amide bonds. The van der Waals surface area contributed by atoms with Gasteiger partial charge in [0.15, 0.2) is 0 Å². The molecular formula is C5H4N4O. The maximum Gasteiger partial charge on any atom is 0.368 e. The number of hydrogen-bond acceptors (Lipinski definition) is 3. The smallest absolute Gasteiger partial charge is 0.368 e. The zero-order valence-corrected chi connectivity index (χ0v) is 4.98. The van der Waals surface area contributed by atoms with Crippen LogP contribution in [0, 0.1) is 17.2 Å². The Balaban J connectivity index is 2.88. The Morgan fingerprint density at radius 3 is 3.00 bits per heavy atom. The van der Waals surface area contributed by atoms with Gasteiger partial charge >= 0.3 is 6.03 Å². The van der Waals surface area contributed by atoms with Gasteiger partial charge in [0.2, 0.25) is 0 Å². The summed E-state index contributed by atoms with van der Waals surface area (Å²) in [4.78, 5) is 16.9. The molecule has 5 nitrogen and oxygen atoms in total. The summed E-state index contributed by atoms with van der Waals surface area (Å²) in [7, 11) is 0. The molecule has 0 aliphatic carbocycles. The highest BCUT2D eigenvalue weighted by Crippen LogP contribution is 1.98. The van der Waals surface area contributed by atoms with Crippen LogP contribution in [0.25, 0.3) is 0 Å². The van der Waals surface area contributed by atoms with E-state index in [0.717, 1.165) is 0 Å². The number of carbonyl (C=O) groups excluding carboxylic acids is 1. The van der Waals surface area contributed by atoms with Crippen molar-refractivity contribution in [3.8, 4) is 6.07 Å². The minimum atomic E-state index is -0.649. The van der Waals surface area contributed by atoms with Crippen LogP contribution in [0.5, 0.6) is 0 Å². The van der Waals surface area contributed by atoms with Crippen molar-refractivity contribution in [1.82, 2.24) is 0 Å². The van der Waals surface area contributed by atoms with Gasteiger partial charge in [-0.1, -0.05) is 0 Å². The van der Waals surface area contributed by atoms with E-state index in [0.29, 0.717) is 0 Å². The predicted molar refractivity (Wildman–Crippen MR) is 34.6 cm³/mol. The normalized spacial score (nSPS) is 23.7. The average Bonchev–Trinajstić information content (AvgIpc) is 1.88. The van der Waals surface area contributed by atoms with Crippen LogP contribution < -0.4 is 5.73 Å². The molecule has 0 saturated carbocycles. The van der Waals surface area contributed by atoms with Crippen molar-refractivity contribution < 1.29 is 4.79 Å². The Morgan fingerprint density at radius 1 is 1.80 bits per heavy atom. The van der Waals surface area contributed by atoms with E-state index in [1.165, 1.54) is 6.21 Å². The third-order valence-corrected chi connectivity index (χ3v) is 1.02. The molecule has 5 heteroatoms. The van der Waals surface area contributed by atoms with Gasteiger partial charge in [0.25, 0.3) is 0 Å². The summed E-state index contributed by atoms with van der Waals surface area (Å²) in [5, 5.41) is 8.33. The molecule has 1 aliphatic heterocycles. The van der Waals surface area contributed by atoms with Crippen LogP contribution in [0.3, 0.4) is 0 Å². The highest BCUT2D eigenvalue weighted by Gasteiger charge is 2.15. The molecule has 50 valence electrons. The van der Waals surface area contributed by atoms with Gasteiger partial charge in [0.1, 0.15) is 11.8 Å². The SMILES string of the molecule is N#CC1C=NC(=O)N=C1N. The number of nitrogens with zero attached hydrogens (tertiary/aromatic N) is 3. The fourth-order valence-corrected chi connectivity index (χ4v) is 0.523. The molecule has 0 spiro atoms. The van der Waals surface area contributed by atoms with Crippen LogP contribution in [0.1, 0.15) is 0 Å². The second-order valence-corrected chi connectivity index (χ2v) is 1.70. The number of rotatable bonds is 0. The summed E-state index contributed by atoms with van der Waals surface area (Å²) in [5.74, 6) is -0.625. The Kier molecular flexibility index (Phi) is 1.46. The first-order valence-electron chi connectivity index (χ1n) is 2.56. The van der Waals surface area contributed by atoms with E-state index in [1.54, 1.807) is 0 Å². The maximum atomic E-state index is 10.4. The lowest BCUT2D eigenvalue weighted by molar-refractivity contribution is 0.257. The number of amides is 2. The lowest BCUT2D eigenvalue weighted by Crippen LogP contribution is -2.27. The Bertz CT molecular complexity index is 259. The quantitative estimate of drug-likeness (QED) is 0.495. The monoisotopic (exact) mass is 136 g/mol. The molecule has 0 saturated heterocycles. The molecule has 1 aliphatic rings. The number of nitriles is 1. The van der Waals surface area contributed by atoms with Crippen LogP contribution in [-0.2, 0) is 0 Å². The molecule has 1 atom stereocenters. The lowest BCUT2D eigenvalue weighted by Gasteiger charge is -2.03. The van der Waals surface area contributed by atoms with E-state index in [-0.39, 0.29) is 5.84 Å². The minimum absolute atomic E-state index is 0.0162. The van der Waals surface area contributed by atoms with Crippen molar-refractivity contribution in [2.45, 2.75) is 0 Å². The third kappa shape index (κ3) is 1.00. The molecule has 0 aromatic rings. The largest absolute Gasteiger partial charge is 0.386 e. The highest BCUT2D eigenvalue weighted by molar-refractivity contribution is 6.09. The van der Waals surface area contributed by atoms with Crippen molar-refractivity contribution >= 4 is 18.1 Å². The van der Waals surface area contributed by atoms with Gasteiger partial charge in [-0.3, -0.25) is 0 Å². The molecule has 1 unspecified atom stereocenters. The predicted octanol–water partition coefficient (Wildman–Crippen LogP) is -0.312. The molecule has 1 rings (SSSR count). The van der Waals surface area contributed by atoms with E-state index in [2.05, 4.69) is 9.98 Å². The van der Waals surface area contributed by atoms with Crippen molar-refractivity contribution in [3.63, 3.8) is 0 Å². The first kappa shape index (κ1) is 6.42. The van der Waals surface area contributed by atoms with E-state index in [1.807, 2.05) is 6.07 Å². The average molecular weight is 136 g/mol. The number of hydrogen-bond donors (Lipinski definition) is 1. The molecule has 0 aromatic carbocycles. The molecule has 2 N–H and O–H groups in total. The van der Waals surface area contributed by atoms with E-state index >= 15 is 0 Å². The van der Waals surface area contributed by atoms with Crippen molar-refractivity contribution in [2.24, 2.45) is 21.6 Å². The number of urea groups is 1.